The summed E-state index contributed by atoms with van der Waals surface area (Å²) in [5.74, 6) is -0.823. The maximum absolute atomic E-state index is 13.1. The van der Waals surface area contributed by atoms with Crippen molar-refractivity contribution in [3.8, 4) is 0 Å². The molecular weight excluding hydrogens is 349 g/mol. The number of anilines is 1. The average molecular weight is 369 g/mol. The van der Waals surface area contributed by atoms with E-state index in [0.717, 1.165) is 6.07 Å². The largest absolute Gasteiger partial charge is 0.440 e. The standard InChI is InChI=1S/C20H20FN3O3/c1-20(2,3)19-24-15-10-14(7-8-16(15)27-19)23-17(25)11-22-18(26)12-5-4-6-13(21)9-12/h4-10H,11H2,1-3H3,(H,22,26)(H,23,25). The highest BCUT2D eigenvalue weighted by Gasteiger charge is 2.21. The number of aromatic nitrogens is 1. The minimum Gasteiger partial charge on any atom is -0.440 e. The van der Waals surface area contributed by atoms with E-state index in [2.05, 4.69) is 15.6 Å². The monoisotopic (exact) mass is 369 g/mol. The Morgan fingerprint density at radius 2 is 1.93 bits per heavy atom. The van der Waals surface area contributed by atoms with Gasteiger partial charge in [0.25, 0.3) is 5.91 Å². The molecule has 0 bridgehead atoms. The lowest BCUT2D eigenvalue weighted by Gasteiger charge is -2.11. The number of carbonyl (C=O) groups is 2. The highest BCUT2D eigenvalue weighted by atomic mass is 19.1. The van der Waals surface area contributed by atoms with Crippen LogP contribution >= 0.6 is 0 Å². The van der Waals surface area contributed by atoms with Gasteiger partial charge >= 0.3 is 0 Å². The summed E-state index contributed by atoms with van der Waals surface area (Å²) >= 11 is 0. The molecule has 1 heterocycles. The zero-order valence-electron chi connectivity index (χ0n) is 15.3. The Bertz CT molecular complexity index is 1010. The smallest absolute Gasteiger partial charge is 0.251 e. The number of nitrogens with zero attached hydrogens (tertiary/aromatic N) is 1. The van der Waals surface area contributed by atoms with Gasteiger partial charge in [-0.2, -0.15) is 0 Å². The van der Waals surface area contributed by atoms with Gasteiger partial charge in [0.05, 0.1) is 6.54 Å². The van der Waals surface area contributed by atoms with Gasteiger partial charge in [-0.1, -0.05) is 26.8 Å². The van der Waals surface area contributed by atoms with E-state index in [1.165, 1.54) is 18.2 Å². The fourth-order valence-corrected chi connectivity index (χ4v) is 2.42. The van der Waals surface area contributed by atoms with Crippen molar-refractivity contribution in [2.24, 2.45) is 0 Å². The molecule has 3 rings (SSSR count). The predicted octanol–water partition coefficient (Wildman–Crippen LogP) is 3.63. The molecule has 1 aromatic heterocycles. The first kappa shape index (κ1) is 18.6. The van der Waals surface area contributed by atoms with Crippen molar-refractivity contribution in [2.75, 3.05) is 11.9 Å². The Morgan fingerprint density at radius 1 is 1.15 bits per heavy atom. The number of rotatable bonds is 4. The van der Waals surface area contributed by atoms with Gasteiger partial charge < -0.3 is 15.1 Å². The number of amides is 2. The molecule has 0 saturated carbocycles. The van der Waals surface area contributed by atoms with Crippen molar-refractivity contribution in [1.29, 1.82) is 0 Å². The third-order valence-corrected chi connectivity index (χ3v) is 3.81. The highest BCUT2D eigenvalue weighted by Crippen LogP contribution is 2.27. The van der Waals surface area contributed by atoms with E-state index in [9.17, 15) is 14.0 Å². The summed E-state index contributed by atoms with van der Waals surface area (Å²) in [7, 11) is 0. The Kier molecular flexibility index (Phi) is 4.94. The molecule has 140 valence electrons. The van der Waals surface area contributed by atoms with E-state index in [1.807, 2.05) is 20.8 Å². The molecule has 0 aliphatic heterocycles. The van der Waals surface area contributed by atoms with Crippen LogP contribution in [0.5, 0.6) is 0 Å². The maximum Gasteiger partial charge on any atom is 0.251 e. The summed E-state index contributed by atoms with van der Waals surface area (Å²) in [6.45, 7) is 5.77. The number of benzene rings is 2. The Balaban J connectivity index is 1.63. The van der Waals surface area contributed by atoms with Gasteiger partial charge in [0.2, 0.25) is 11.8 Å². The molecular formula is C20H20FN3O3. The number of carbonyl (C=O) groups excluding carboxylic acids is 2. The minimum absolute atomic E-state index is 0.154. The van der Waals surface area contributed by atoms with E-state index in [-0.39, 0.29) is 17.5 Å². The molecule has 0 aliphatic carbocycles. The average Bonchev–Trinajstić information content (AvgIpc) is 3.03. The third-order valence-electron chi connectivity index (χ3n) is 3.81. The van der Waals surface area contributed by atoms with Crippen molar-refractivity contribution in [3.63, 3.8) is 0 Å². The molecule has 6 nitrogen and oxygen atoms in total. The molecule has 7 heteroatoms. The number of hydrogen-bond acceptors (Lipinski definition) is 4. The number of halogens is 1. The summed E-state index contributed by atoms with van der Waals surface area (Å²) in [6.07, 6.45) is 0. The zero-order valence-corrected chi connectivity index (χ0v) is 15.3. The van der Waals surface area contributed by atoms with Crippen LogP contribution in [-0.2, 0) is 10.2 Å². The molecule has 2 aromatic carbocycles. The van der Waals surface area contributed by atoms with E-state index >= 15 is 0 Å². The van der Waals surface area contributed by atoms with Gasteiger partial charge in [-0.05, 0) is 36.4 Å². The van der Waals surface area contributed by atoms with Gasteiger partial charge in [0, 0.05) is 16.7 Å². The number of nitrogens with one attached hydrogen (secondary N) is 2. The Labute approximate surface area is 155 Å². The van der Waals surface area contributed by atoms with Crippen LogP contribution in [0.3, 0.4) is 0 Å². The summed E-state index contributed by atoms with van der Waals surface area (Å²) in [5, 5.41) is 5.15. The molecule has 2 amide bonds. The molecule has 0 unspecified atom stereocenters. The van der Waals surface area contributed by atoms with E-state index in [0.29, 0.717) is 22.7 Å². The third kappa shape index (κ3) is 4.49. The van der Waals surface area contributed by atoms with Crippen LogP contribution in [0.1, 0.15) is 37.0 Å². The first-order chi connectivity index (χ1) is 12.7. The van der Waals surface area contributed by atoms with Crippen molar-refractivity contribution >= 4 is 28.6 Å². The molecule has 2 N–H and O–H groups in total. The molecule has 27 heavy (non-hydrogen) atoms. The highest BCUT2D eigenvalue weighted by molar-refractivity contribution is 5.99. The second-order valence-corrected chi connectivity index (χ2v) is 7.19. The minimum atomic E-state index is -0.522. The molecule has 0 saturated heterocycles. The van der Waals surface area contributed by atoms with Crippen LogP contribution < -0.4 is 10.6 Å². The Hall–Kier alpha value is -3.22. The lowest BCUT2D eigenvalue weighted by atomic mass is 9.97. The van der Waals surface area contributed by atoms with Crippen molar-refractivity contribution in [3.05, 3.63) is 59.7 Å². The van der Waals surface area contributed by atoms with Gasteiger partial charge in [0.15, 0.2) is 5.58 Å². The van der Waals surface area contributed by atoms with Gasteiger partial charge in [-0.3, -0.25) is 9.59 Å². The second kappa shape index (κ2) is 7.19. The normalized spacial score (nSPS) is 11.4. The zero-order chi connectivity index (χ0) is 19.6. The van der Waals surface area contributed by atoms with Gasteiger partial charge in [-0.15, -0.1) is 0 Å². The van der Waals surface area contributed by atoms with Crippen molar-refractivity contribution in [2.45, 2.75) is 26.2 Å². The molecule has 0 fully saturated rings. The first-order valence-electron chi connectivity index (χ1n) is 8.47. The quantitative estimate of drug-likeness (QED) is 0.735. The molecule has 3 aromatic rings. The lowest BCUT2D eigenvalue weighted by molar-refractivity contribution is -0.115. The number of hydrogen-bond donors (Lipinski definition) is 2. The lowest BCUT2D eigenvalue weighted by Crippen LogP contribution is -2.32. The van der Waals surface area contributed by atoms with Crippen LogP contribution in [0.25, 0.3) is 11.1 Å². The van der Waals surface area contributed by atoms with Gasteiger partial charge in [-0.25, -0.2) is 9.37 Å². The fourth-order valence-electron chi connectivity index (χ4n) is 2.42. The summed E-state index contributed by atoms with van der Waals surface area (Å²) in [6, 6.07) is 10.4. The summed E-state index contributed by atoms with van der Waals surface area (Å²) in [4.78, 5) is 28.5. The first-order valence-corrected chi connectivity index (χ1v) is 8.47. The molecule has 0 aliphatic rings. The molecule has 0 radical (unpaired) electrons. The maximum atomic E-state index is 13.1. The number of oxazole rings is 1. The Morgan fingerprint density at radius 3 is 2.63 bits per heavy atom. The second-order valence-electron chi connectivity index (χ2n) is 7.19. The van der Waals surface area contributed by atoms with E-state index < -0.39 is 17.6 Å². The van der Waals surface area contributed by atoms with Crippen LogP contribution in [-0.4, -0.2) is 23.3 Å². The van der Waals surface area contributed by atoms with E-state index in [1.54, 1.807) is 18.2 Å². The van der Waals surface area contributed by atoms with Crippen LogP contribution in [0.15, 0.2) is 46.9 Å². The predicted molar refractivity (Wildman–Crippen MR) is 100 cm³/mol. The van der Waals surface area contributed by atoms with E-state index in [4.69, 9.17) is 4.42 Å². The van der Waals surface area contributed by atoms with Gasteiger partial charge in [0.1, 0.15) is 11.3 Å². The SMILES string of the molecule is CC(C)(C)c1nc2cc(NC(=O)CNC(=O)c3cccc(F)c3)ccc2o1. The topological polar surface area (TPSA) is 84.2 Å². The molecule has 0 spiro atoms. The summed E-state index contributed by atoms with van der Waals surface area (Å²) < 4.78 is 18.9. The van der Waals surface area contributed by atoms with Crippen LogP contribution in [0.2, 0.25) is 0 Å². The number of fused-ring (bicyclic) bond motifs is 1. The van der Waals surface area contributed by atoms with Crippen molar-refractivity contribution in [1.82, 2.24) is 10.3 Å². The van der Waals surface area contributed by atoms with Crippen LogP contribution in [0.4, 0.5) is 10.1 Å². The van der Waals surface area contributed by atoms with Crippen LogP contribution in [0, 0.1) is 5.82 Å². The van der Waals surface area contributed by atoms with Crippen molar-refractivity contribution < 1.29 is 18.4 Å². The molecule has 0 atom stereocenters. The summed E-state index contributed by atoms with van der Waals surface area (Å²) in [5.41, 5.74) is 1.76. The fraction of sp³-hybridized carbons (Fsp3) is 0.250.